The van der Waals surface area contributed by atoms with E-state index in [0.717, 1.165) is 22.3 Å². The van der Waals surface area contributed by atoms with Gasteiger partial charge in [0.05, 0.1) is 23.0 Å². The normalized spacial score (nSPS) is 12.2. The summed E-state index contributed by atoms with van der Waals surface area (Å²) in [5.41, 5.74) is 5.31. The lowest BCUT2D eigenvalue weighted by Crippen LogP contribution is -2.20. The van der Waals surface area contributed by atoms with Gasteiger partial charge in [0.1, 0.15) is 0 Å². The lowest BCUT2D eigenvalue weighted by Gasteiger charge is -2.21. The standard InChI is InChI=1S/C20H24N4/c1-20(2,3)24-14-22-18-12-16(8-11-19(18)24)21-13-15-6-9-17(10-7-15)23(4)5/h6-14H,1-5H3. The van der Waals surface area contributed by atoms with Crippen molar-refractivity contribution in [3.8, 4) is 0 Å². The molecule has 0 amide bonds. The average Bonchev–Trinajstić information content (AvgIpc) is 2.96. The van der Waals surface area contributed by atoms with Crippen LogP contribution in [0.2, 0.25) is 0 Å². The maximum atomic E-state index is 4.58. The number of nitrogens with zero attached hydrogens (tertiary/aromatic N) is 4. The third-order valence-corrected chi connectivity index (χ3v) is 4.03. The quantitative estimate of drug-likeness (QED) is 0.660. The van der Waals surface area contributed by atoms with E-state index in [0.29, 0.717) is 0 Å². The largest absolute Gasteiger partial charge is 0.378 e. The molecule has 0 atom stereocenters. The molecule has 1 aromatic heterocycles. The van der Waals surface area contributed by atoms with Gasteiger partial charge in [0.2, 0.25) is 0 Å². The third-order valence-electron chi connectivity index (χ3n) is 4.03. The molecule has 0 spiro atoms. The van der Waals surface area contributed by atoms with Crippen LogP contribution in [0.3, 0.4) is 0 Å². The number of fused-ring (bicyclic) bond motifs is 1. The average molecular weight is 320 g/mol. The number of hydrogen-bond donors (Lipinski definition) is 0. The number of anilines is 1. The first kappa shape index (κ1) is 16.2. The minimum atomic E-state index is 0.0215. The first-order valence-corrected chi connectivity index (χ1v) is 8.14. The van der Waals surface area contributed by atoms with Gasteiger partial charge < -0.3 is 9.47 Å². The zero-order valence-electron chi connectivity index (χ0n) is 15.0. The summed E-state index contributed by atoms with van der Waals surface area (Å²) in [6, 6.07) is 14.5. The smallest absolute Gasteiger partial charge is 0.0963 e. The van der Waals surface area contributed by atoms with Crippen LogP contribution in [-0.4, -0.2) is 29.9 Å². The molecule has 0 aliphatic heterocycles. The Hall–Kier alpha value is -2.62. The van der Waals surface area contributed by atoms with Crippen molar-refractivity contribution in [1.82, 2.24) is 9.55 Å². The molecule has 0 aliphatic rings. The summed E-state index contributed by atoms with van der Waals surface area (Å²) in [5, 5.41) is 0. The van der Waals surface area contributed by atoms with Crippen molar-refractivity contribution in [3.63, 3.8) is 0 Å². The van der Waals surface area contributed by atoms with Crippen molar-refractivity contribution in [1.29, 1.82) is 0 Å². The van der Waals surface area contributed by atoms with E-state index in [1.54, 1.807) is 0 Å². The number of imidazole rings is 1. The molecule has 24 heavy (non-hydrogen) atoms. The fourth-order valence-electron chi connectivity index (χ4n) is 2.62. The Morgan fingerprint density at radius 3 is 2.38 bits per heavy atom. The molecule has 0 bridgehead atoms. The van der Waals surface area contributed by atoms with Gasteiger partial charge in [-0.25, -0.2) is 4.98 Å². The van der Waals surface area contributed by atoms with Crippen LogP contribution < -0.4 is 4.90 Å². The highest BCUT2D eigenvalue weighted by Crippen LogP contribution is 2.25. The molecule has 0 unspecified atom stereocenters. The molecular formula is C20H24N4. The second kappa shape index (κ2) is 6.11. The van der Waals surface area contributed by atoms with Crippen LogP contribution in [-0.2, 0) is 5.54 Å². The van der Waals surface area contributed by atoms with Gasteiger partial charge >= 0.3 is 0 Å². The second-order valence-electron chi connectivity index (χ2n) is 7.20. The van der Waals surface area contributed by atoms with Crippen molar-refractivity contribution in [2.24, 2.45) is 4.99 Å². The van der Waals surface area contributed by atoms with Crippen molar-refractivity contribution in [2.45, 2.75) is 26.3 Å². The van der Waals surface area contributed by atoms with Gasteiger partial charge in [-0.15, -0.1) is 0 Å². The summed E-state index contributed by atoms with van der Waals surface area (Å²) in [5.74, 6) is 0. The van der Waals surface area contributed by atoms with E-state index in [2.05, 4.69) is 70.5 Å². The molecule has 0 radical (unpaired) electrons. The van der Waals surface area contributed by atoms with Crippen LogP contribution in [0.1, 0.15) is 26.3 Å². The van der Waals surface area contributed by atoms with E-state index in [1.165, 1.54) is 5.69 Å². The second-order valence-corrected chi connectivity index (χ2v) is 7.20. The predicted octanol–water partition coefficient (Wildman–Crippen LogP) is 4.61. The predicted molar refractivity (Wildman–Crippen MR) is 103 cm³/mol. The Kier molecular flexibility index (Phi) is 4.14. The summed E-state index contributed by atoms with van der Waals surface area (Å²) in [7, 11) is 4.07. The highest BCUT2D eigenvalue weighted by Gasteiger charge is 2.15. The Morgan fingerprint density at radius 1 is 1.04 bits per heavy atom. The summed E-state index contributed by atoms with van der Waals surface area (Å²) in [6.07, 6.45) is 3.79. The van der Waals surface area contributed by atoms with Crippen molar-refractivity contribution < 1.29 is 0 Å². The van der Waals surface area contributed by atoms with E-state index >= 15 is 0 Å². The zero-order chi connectivity index (χ0) is 17.3. The van der Waals surface area contributed by atoms with Gasteiger partial charge in [-0.05, 0) is 56.7 Å². The molecule has 0 aliphatic carbocycles. The molecule has 1 heterocycles. The van der Waals surface area contributed by atoms with E-state index in [1.807, 2.05) is 38.8 Å². The van der Waals surface area contributed by atoms with Crippen LogP contribution in [0, 0.1) is 0 Å². The van der Waals surface area contributed by atoms with Crippen molar-refractivity contribution in [2.75, 3.05) is 19.0 Å². The van der Waals surface area contributed by atoms with Crippen molar-refractivity contribution in [3.05, 3.63) is 54.4 Å². The molecule has 3 aromatic rings. The van der Waals surface area contributed by atoms with Crippen LogP contribution in [0.4, 0.5) is 11.4 Å². The van der Waals surface area contributed by atoms with Crippen LogP contribution in [0.15, 0.2) is 53.8 Å². The Bertz CT molecular complexity index is 865. The Balaban J connectivity index is 1.85. The fourth-order valence-corrected chi connectivity index (χ4v) is 2.62. The molecule has 124 valence electrons. The van der Waals surface area contributed by atoms with Gasteiger partial charge in [-0.3, -0.25) is 4.99 Å². The first-order valence-electron chi connectivity index (χ1n) is 8.14. The first-order chi connectivity index (χ1) is 11.3. The van der Waals surface area contributed by atoms with E-state index in [4.69, 9.17) is 0 Å². The van der Waals surface area contributed by atoms with Gasteiger partial charge in [0.25, 0.3) is 0 Å². The van der Waals surface area contributed by atoms with E-state index < -0.39 is 0 Å². The molecule has 0 saturated heterocycles. The summed E-state index contributed by atoms with van der Waals surface area (Å²) in [4.78, 5) is 11.2. The summed E-state index contributed by atoms with van der Waals surface area (Å²) >= 11 is 0. The van der Waals surface area contributed by atoms with Crippen LogP contribution in [0.25, 0.3) is 11.0 Å². The minimum absolute atomic E-state index is 0.0215. The molecule has 4 heteroatoms. The van der Waals surface area contributed by atoms with Gasteiger partial charge in [-0.2, -0.15) is 0 Å². The number of hydrogen-bond acceptors (Lipinski definition) is 3. The Morgan fingerprint density at radius 2 is 1.75 bits per heavy atom. The molecular weight excluding hydrogens is 296 g/mol. The van der Waals surface area contributed by atoms with E-state index in [-0.39, 0.29) is 5.54 Å². The van der Waals surface area contributed by atoms with E-state index in [9.17, 15) is 0 Å². The number of benzene rings is 2. The molecule has 2 aromatic carbocycles. The number of aliphatic imine (C=N–C) groups is 1. The molecule has 4 nitrogen and oxygen atoms in total. The lowest BCUT2D eigenvalue weighted by atomic mass is 10.1. The van der Waals surface area contributed by atoms with Gasteiger partial charge in [0, 0.05) is 31.5 Å². The molecule has 0 N–H and O–H groups in total. The maximum absolute atomic E-state index is 4.58. The fraction of sp³-hybridized carbons (Fsp3) is 0.300. The Labute approximate surface area is 143 Å². The van der Waals surface area contributed by atoms with Crippen LogP contribution >= 0.6 is 0 Å². The lowest BCUT2D eigenvalue weighted by molar-refractivity contribution is 0.408. The third kappa shape index (κ3) is 3.32. The minimum Gasteiger partial charge on any atom is -0.378 e. The topological polar surface area (TPSA) is 33.4 Å². The number of rotatable bonds is 3. The van der Waals surface area contributed by atoms with Gasteiger partial charge in [-0.1, -0.05) is 12.1 Å². The summed E-state index contributed by atoms with van der Waals surface area (Å²) in [6.45, 7) is 6.53. The van der Waals surface area contributed by atoms with Gasteiger partial charge in [0.15, 0.2) is 0 Å². The van der Waals surface area contributed by atoms with Crippen molar-refractivity contribution >= 4 is 28.6 Å². The zero-order valence-corrected chi connectivity index (χ0v) is 15.0. The number of aromatic nitrogens is 2. The molecule has 3 rings (SSSR count). The molecule has 0 fully saturated rings. The maximum Gasteiger partial charge on any atom is 0.0963 e. The van der Waals surface area contributed by atoms with Crippen LogP contribution in [0.5, 0.6) is 0 Å². The SMILES string of the molecule is CN(C)c1ccc(C=Nc2ccc3c(c2)ncn3C(C)(C)C)cc1. The monoisotopic (exact) mass is 320 g/mol. The highest BCUT2D eigenvalue weighted by molar-refractivity contribution is 5.85. The summed E-state index contributed by atoms with van der Waals surface area (Å²) < 4.78 is 2.19. The molecule has 0 saturated carbocycles. The highest BCUT2D eigenvalue weighted by atomic mass is 15.1.